The first-order valence-corrected chi connectivity index (χ1v) is 13.0. The molecule has 0 unspecified atom stereocenters. The lowest BCUT2D eigenvalue weighted by Gasteiger charge is -2.42. The molecule has 0 aliphatic heterocycles. The van der Waals surface area contributed by atoms with Gasteiger partial charge in [-0.3, -0.25) is 0 Å². The number of hydrogen-bond acceptors (Lipinski definition) is 2. The maximum Gasteiger partial charge on any atom is 0.200 e. The van der Waals surface area contributed by atoms with E-state index in [9.17, 15) is 0 Å². The second kappa shape index (κ2) is 10.8. The van der Waals surface area contributed by atoms with Crippen molar-refractivity contribution < 1.29 is 9.16 Å². The molecule has 0 saturated carbocycles. The average molecular weight is 411 g/mol. The van der Waals surface area contributed by atoms with Crippen LogP contribution in [0.15, 0.2) is 61.2 Å². The molecule has 0 aromatic heterocycles. The molecule has 2 nitrogen and oxygen atoms in total. The van der Waals surface area contributed by atoms with E-state index in [4.69, 9.17) is 9.16 Å². The van der Waals surface area contributed by atoms with Gasteiger partial charge >= 0.3 is 0 Å². The van der Waals surface area contributed by atoms with Gasteiger partial charge in [-0.25, -0.2) is 0 Å². The summed E-state index contributed by atoms with van der Waals surface area (Å²) in [5.41, 5.74) is 5.32. The fourth-order valence-electron chi connectivity index (χ4n) is 4.62. The zero-order chi connectivity index (χ0) is 21.4. The first kappa shape index (κ1) is 23.4. The number of hydrogen-bond donors (Lipinski definition) is 0. The van der Waals surface area contributed by atoms with Crippen molar-refractivity contribution in [3.05, 3.63) is 77.9 Å². The molecule has 2 aromatic carbocycles. The molecule has 0 N–H and O–H groups in total. The van der Waals surface area contributed by atoms with Gasteiger partial charge in [0, 0.05) is 0 Å². The molecule has 0 spiro atoms. The molecule has 0 fully saturated rings. The minimum absolute atomic E-state index is 0.574. The van der Waals surface area contributed by atoms with E-state index in [1.165, 1.54) is 16.7 Å². The summed E-state index contributed by atoms with van der Waals surface area (Å²) >= 11 is 0. The van der Waals surface area contributed by atoms with Gasteiger partial charge in [-0.2, -0.15) is 0 Å². The van der Waals surface area contributed by atoms with Crippen molar-refractivity contribution in [2.75, 3.05) is 0 Å². The van der Waals surface area contributed by atoms with Gasteiger partial charge < -0.3 is 9.16 Å². The molecule has 0 saturated heterocycles. The van der Waals surface area contributed by atoms with Crippen molar-refractivity contribution in [2.45, 2.75) is 77.8 Å². The second-order valence-electron chi connectivity index (χ2n) is 8.82. The summed E-state index contributed by atoms with van der Waals surface area (Å²) in [7, 11) is -1.87. The van der Waals surface area contributed by atoms with E-state index in [0.29, 0.717) is 29.8 Å². The lowest BCUT2D eigenvalue weighted by Crippen LogP contribution is -2.47. The van der Waals surface area contributed by atoms with Crippen LogP contribution in [0.1, 0.15) is 58.2 Å². The van der Waals surface area contributed by atoms with E-state index in [1.54, 1.807) is 0 Å². The van der Waals surface area contributed by atoms with Gasteiger partial charge in [-0.15, -0.1) is 6.58 Å². The highest BCUT2D eigenvalue weighted by Crippen LogP contribution is 2.42. The minimum Gasteiger partial charge on any atom is -0.489 e. The first-order valence-electron chi connectivity index (χ1n) is 10.8. The van der Waals surface area contributed by atoms with Crippen LogP contribution in [0.5, 0.6) is 5.75 Å². The summed E-state index contributed by atoms with van der Waals surface area (Å²) < 4.78 is 12.9. The summed E-state index contributed by atoms with van der Waals surface area (Å²) in [5, 5.41) is 0. The highest BCUT2D eigenvalue weighted by atomic mass is 28.4. The van der Waals surface area contributed by atoms with Gasteiger partial charge in [0.2, 0.25) is 8.32 Å². The molecule has 0 bridgehead atoms. The van der Waals surface area contributed by atoms with E-state index < -0.39 is 8.32 Å². The summed E-state index contributed by atoms with van der Waals surface area (Å²) in [6.07, 6.45) is 2.73. The van der Waals surface area contributed by atoms with Crippen LogP contribution in [0.2, 0.25) is 16.6 Å². The van der Waals surface area contributed by atoms with Crippen molar-refractivity contribution >= 4 is 8.32 Å². The Bertz CT molecular complexity index is 744. The Labute approximate surface area is 179 Å². The number of benzene rings is 2. The van der Waals surface area contributed by atoms with Crippen molar-refractivity contribution in [3.8, 4) is 5.75 Å². The lowest BCUT2D eigenvalue weighted by molar-refractivity contribution is 0.265. The monoisotopic (exact) mass is 410 g/mol. The standard InChI is InChI=1S/C26H38O2Si/c1-8-12-25-17-24(19-28-29(20(2)3,21(4)5)22(6)7)15-16-26(25)27-18-23-13-10-9-11-14-23/h8-11,13-17,20-22H,1,12,18-19H2,2-7H3. The molecule has 29 heavy (non-hydrogen) atoms. The Hall–Kier alpha value is -1.84. The van der Waals surface area contributed by atoms with Crippen LogP contribution in [0.25, 0.3) is 0 Å². The molecular formula is C26H38O2Si. The normalized spacial score (nSPS) is 12.0. The Morgan fingerprint density at radius 2 is 1.45 bits per heavy atom. The third-order valence-corrected chi connectivity index (χ3v) is 12.0. The Balaban J connectivity index is 2.17. The van der Waals surface area contributed by atoms with Crippen molar-refractivity contribution in [1.29, 1.82) is 0 Å². The zero-order valence-corrected chi connectivity index (χ0v) is 20.1. The summed E-state index contributed by atoms with van der Waals surface area (Å²) in [4.78, 5) is 0. The van der Waals surface area contributed by atoms with Crippen molar-refractivity contribution in [1.82, 2.24) is 0 Å². The van der Waals surface area contributed by atoms with Crippen LogP contribution in [-0.2, 0) is 24.1 Å². The van der Waals surface area contributed by atoms with Gasteiger partial charge in [0.1, 0.15) is 12.4 Å². The minimum atomic E-state index is -1.87. The molecule has 0 aliphatic rings. The van der Waals surface area contributed by atoms with Crippen LogP contribution in [0.3, 0.4) is 0 Å². The fraction of sp³-hybridized carbons (Fsp3) is 0.462. The quantitative estimate of drug-likeness (QED) is 0.279. The predicted octanol–water partition coefficient (Wildman–Crippen LogP) is 7.69. The predicted molar refractivity (Wildman–Crippen MR) is 127 cm³/mol. The third kappa shape index (κ3) is 5.83. The average Bonchev–Trinajstić information content (AvgIpc) is 2.68. The molecule has 0 heterocycles. The van der Waals surface area contributed by atoms with Crippen molar-refractivity contribution in [3.63, 3.8) is 0 Å². The fourth-order valence-corrected chi connectivity index (χ4v) is 10.0. The highest BCUT2D eigenvalue weighted by molar-refractivity contribution is 6.77. The molecule has 2 rings (SSSR count). The summed E-state index contributed by atoms with van der Waals surface area (Å²) in [6.45, 7) is 19.1. The lowest BCUT2D eigenvalue weighted by atomic mass is 10.1. The maximum atomic E-state index is 6.77. The Morgan fingerprint density at radius 3 is 2.00 bits per heavy atom. The molecule has 0 amide bonds. The summed E-state index contributed by atoms with van der Waals surface area (Å²) in [5.74, 6) is 0.928. The van der Waals surface area contributed by atoms with Gasteiger partial charge in [0.05, 0.1) is 6.61 Å². The smallest absolute Gasteiger partial charge is 0.200 e. The van der Waals surface area contributed by atoms with E-state index in [2.05, 4.69) is 78.5 Å². The second-order valence-corrected chi connectivity index (χ2v) is 14.3. The van der Waals surface area contributed by atoms with Crippen LogP contribution in [0, 0.1) is 0 Å². The Morgan fingerprint density at radius 1 is 0.828 bits per heavy atom. The molecule has 3 heteroatoms. The van der Waals surface area contributed by atoms with Gasteiger partial charge in [-0.05, 0) is 51.9 Å². The van der Waals surface area contributed by atoms with E-state index in [1.807, 2.05) is 24.3 Å². The van der Waals surface area contributed by atoms with Gasteiger partial charge in [0.15, 0.2) is 0 Å². The van der Waals surface area contributed by atoms with Crippen molar-refractivity contribution in [2.24, 2.45) is 0 Å². The third-order valence-electron chi connectivity index (χ3n) is 5.92. The largest absolute Gasteiger partial charge is 0.489 e. The molecule has 0 aliphatic carbocycles. The van der Waals surface area contributed by atoms with Crippen LogP contribution >= 0.6 is 0 Å². The Kier molecular flexibility index (Phi) is 8.73. The summed E-state index contributed by atoms with van der Waals surface area (Å²) in [6, 6.07) is 16.7. The molecule has 0 radical (unpaired) electrons. The topological polar surface area (TPSA) is 18.5 Å². The van der Waals surface area contributed by atoms with E-state index in [0.717, 1.165) is 12.2 Å². The van der Waals surface area contributed by atoms with Gasteiger partial charge in [-0.1, -0.05) is 84.0 Å². The number of rotatable bonds is 11. The SMILES string of the molecule is C=CCc1cc(CO[Si](C(C)C)(C(C)C)C(C)C)ccc1OCc1ccccc1. The van der Waals surface area contributed by atoms with Crippen LogP contribution in [0.4, 0.5) is 0 Å². The van der Waals surface area contributed by atoms with Crippen LogP contribution in [-0.4, -0.2) is 8.32 Å². The van der Waals surface area contributed by atoms with E-state index >= 15 is 0 Å². The molecule has 0 atom stereocenters. The molecule has 2 aromatic rings. The van der Waals surface area contributed by atoms with E-state index in [-0.39, 0.29) is 0 Å². The first-order chi connectivity index (χ1) is 13.8. The number of allylic oxidation sites excluding steroid dienone is 1. The van der Waals surface area contributed by atoms with Crippen LogP contribution < -0.4 is 4.74 Å². The highest BCUT2D eigenvalue weighted by Gasteiger charge is 2.44. The molecule has 158 valence electrons. The molecular weight excluding hydrogens is 372 g/mol. The maximum absolute atomic E-state index is 6.77. The van der Waals surface area contributed by atoms with Gasteiger partial charge in [0.25, 0.3) is 0 Å². The zero-order valence-electron chi connectivity index (χ0n) is 19.1. The number of ether oxygens (including phenoxy) is 1.